The molecule has 2 aliphatic heterocycles. The van der Waals surface area contributed by atoms with Crippen LogP contribution in [0.4, 0.5) is 11.4 Å². The first kappa shape index (κ1) is 43.9. The van der Waals surface area contributed by atoms with Crippen LogP contribution in [-0.2, 0) is 32.3 Å². The summed E-state index contributed by atoms with van der Waals surface area (Å²) in [4.78, 5) is 82.4. The second kappa shape index (κ2) is 18.0. The van der Waals surface area contributed by atoms with E-state index in [9.17, 15) is 39.0 Å². The van der Waals surface area contributed by atoms with E-state index in [1.165, 1.54) is 9.80 Å². The van der Waals surface area contributed by atoms with Crippen molar-refractivity contribution in [2.45, 2.75) is 40.8 Å². The Kier molecular flexibility index (Phi) is 13.0. The smallest absolute Gasteiger partial charge is 0.323 e. The van der Waals surface area contributed by atoms with Crippen molar-refractivity contribution in [1.29, 1.82) is 0 Å². The van der Waals surface area contributed by atoms with Gasteiger partial charge in [-0.2, -0.15) is 0 Å². The molecule has 4 heterocycles. The van der Waals surface area contributed by atoms with Gasteiger partial charge in [-0.25, -0.2) is 0 Å². The van der Waals surface area contributed by atoms with E-state index in [0.29, 0.717) is 38.8 Å². The number of allylic oxidation sites excluding steroid dienone is 3. The molecule has 2 fully saturated rings. The van der Waals surface area contributed by atoms with Gasteiger partial charge in [0.25, 0.3) is 22.9 Å². The van der Waals surface area contributed by atoms with Crippen molar-refractivity contribution in [3.63, 3.8) is 0 Å². The second-order valence-electron chi connectivity index (χ2n) is 14.1. The van der Waals surface area contributed by atoms with Gasteiger partial charge in [0.1, 0.15) is 40.9 Å². The number of carbonyl (C=O) groups is 4. The third-order valence-corrected chi connectivity index (χ3v) is 15.5. The van der Waals surface area contributed by atoms with E-state index in [-0.39, 0.29) is 45.9 Å². The first-order valence-electron chi connectivity index (χ1n) is 18.9. The minimum atomic E-state index is -1.21. The molecule has 2 aromatic carbocycles. The molecule has 2 amide bonds. The predicted molar refractivity (Wildman–Crippen MR) is 251 cm³/mol. The van der Waals surface area contributed by atoms with Gasteiger partial charge < -0.3 is 15.1 Å². The van der Waals surface area contributed by atoms with Gasteiger partial charge in [0.15, 0.2) is 0 Å². The SMILES string of the molecule is CCN1C(=O)/C(=c2\s/c(=C\c3ccc(N(C4=CC(C)C(C)C=C4)c4ccc(/C=c5/s/c(=C6/SC(=S)N(CC)C6=O)n(CC(=O)O)c5=O)cc4)cc3)c(=O)n2CC(=O)O)SC1=S. The lowest BCUT2D eigenvalue weighted by Crippen LogP contribution is -2.35. The van der Waals surface area contributed by atoms with Gasteiger partial charge in [0.2, 0.25) is 0 Å². The summed E-state index contributed by atoms with van der Waals surface area (Å²) in [5.74, 6) is -2.58. The monoisotopic (exact) mass is 931 g/mol. The number of amides is 2. The molecule has 7 rings (SSSR count). The molecule has 13 nitrogen and oxygen atoms in total. The molecule has 2 saturated heterocycles. The lowest BCUT2D eigenvalue weighted by Gasteiger charge is -2.30. The highest BCUT2D eigenvalue weighted by molar-refractivity contribution is 8.30. The van der Waals surface area contributed by atoms with Crippen molar-refractivity contribution in [2.24, 2.45) is 11.8 Å². The highest BCUT2D eigenvalue weighted by atomic mass is 32.2. The maximum Gasteiger partial charge on any atom is 0.323 e. The molecule has 4 aromatic rings. The Morgan fingerprint density at radius 3 is 1.44 bits per heavy atom. The van der Waals surface area contributed by atoms with Gasteiger partial charge in [0.05, 0.1) is 9.06 Å². The summed E-state index contributed by atoms with van der Waals surface area (Å²) in [6.45, 7) is 7.36. The molecule has 0 saturated carbocycles. The number of thiocarbonyl (C=S) groups is 2. The average Bonchev–Trinajstić information content (AvgIpc) is 3.89. The van der Waals surface area contributed by atoms with Crippen LogP contribution >= 0.6 is 70.6 Å². The Balaban J connectivity index is 1.27. The number of aromatic nitrogens is 2. The molecule has 2 unspecified atom stereocenters. The number of carbonyl (C=O) groups excluding carboxylic acids is 2. The van der Waals surface area contributed by atoms with E-state index >= 15 is 0 Å². The molecule has 1 aliphatic carbocycles. The summed E-state index contributed by atoms with van der Waals surface area (Å²) in [5.41, 5.74) is 2.87. The molecular formula is C42H37N5O8S6. The van der Waals surface area contributed by atoms with Crippen LogP contribution < -0.4 is 34.4 Å². The Morgan fingerprint density at radius 2 is 1.10 bits per heavy atom. The van der Waals surface area contributed by atoms with Gasteiger partial charge in [0, 0.05) is 30.2 Å². The molecule has 0 spiro atoms. The zero-order chi connectivity index (χ0) is 43.9. The molecule has 19 heteroatoms. The molecule has 2 aromatic heterocycles. The fourth-order valence-corrected chi connectivity index (χ4v) is 12.1. The zero-order valence-electron chi connectivity index (χ0n) is 33.0. The topological polar surface area (TPSA) is 162 Å². The zero-order valence-corrected chi connectivity index (χ0v) is 37.9. The number of anilines is 2. The summed E-state index contributed by atoms with van der Waals surface area (Å²) in [5, 5.41) is 19.2. The van der Waals surface area contributed by atoms with E-state index in [4.69, 9.17) is 24.4 Å². The molecular weight excluding hydrogens is 895 g/mol. The van der Waals surface area contributed by atoms with Crippen molar-refractivity contribution >= 4 is 136 Å². The summed E-state index contributed by atoms with van der Waals surface area (Å²) in [6.07, 6.45) is 9.76. The number of thiazole rings is 2. The largest absolute Gasteiger partial charge is 0.480 e. The Bertz CT molecular complexity index is 2800. The fourth-order valence-electron chi connectivity index (χ4n) is 6.77. The first-order chi connectivity index (χ1) is 29.1. The van der Waals surface area contributed by atoms with Crippen molar-refractivity contribution in [2.75, 3.05) is 18.0 Å². The van der Waals surface area contributed by atoms with Crippen molar-refractivity contribution in [3.8, 4) is 0 Å². The molecule has 61 heavy (non-hydrogen) atoms. The minimum absolute atomic E-state index is 0.226. The number of carboxylic acids is 2. The van der Waals surface area contributed by atoms with E-state index in [0.717, 1.165) is 72.4 Å². The van der Waals surface area contributed by atoms with Crippen LogP contribution in [0.2, 0.25) is 0 Å². The number of nitrogens with zero attached hydrogens (tertiary/aromatic N) is 5. The Labute approximate surface area is 375 Å². The quantitative estimate of drug-likeness (QED) is 0.209. The van der Waals surface area contributed by atoms with Crippen molar-refractivity contribution < 1.29 is 29.4 Å². The number of thioether (sulfide) groups is 2. The predicted octanol–water partition coefficient (Wildman–Crippen LogP) is 3.80. The van der Waals surface area contributed by atoms with E-state index in [1.54, 1.807) is 26.0 Å². The number of rotatable bonds is 11. The Morgan fingerprint density at radius 1 is 0.689 bits per heavy atom. The summed E-state index contributed by atoms with van der Waals surface area (Å²) < 4.78 is 3.93. The van der Waals surface area contributed by atoms with Crippen molar-refractivity contribution in [3.05, 3.63) is 123 Å². The van der Waals surface area contributed by atoms with Gasteiger partial charge in [-0.3, -0.25) is 47.7 Å². The molecule has 2 atom stereocenters. The van der Waals surface area contributed by atoms with Crippen LogP contribution in [-0.4, -0.2) is 74.6 Å². The van der Waals surface area contributed by atoms with E-state index in [1.807, 2.05) is 48.5 Å². The van der Waals surface area contributed by atoms with Gasteiger partial charge in [-0.1, -0.05) is 98.2 Å². The molecule has 3 aliphatic rings. The number of carboxylic acid groups (broad SMARTS) is 2. The number of benzene rings is 2. The molecule has 2 N–H and O–H groups in total. The van der Waals surface area contributed by atoms with Crippen molar-refractivity contribution in [1.82, 2.24) is 18.9 Å². The molecule has 314 valence electrons. The standard InChI is InChI=1S/C42H37N5O8S6/c1-5-43-37(54)33(60-41(43)56)39-45(20-31(48)49)35(52)29(58-39)18-24-8-13-26(14-9-24)47(28-12-7-22(3)23(4)17-28)27-15-10-25(11-16-27)19-30-36(53)46(21-32(50)51)40(59-30)34-38(55)44(6-2)42(57)61-34/h7-19,22-23H,5-6,20-21H2,1-4H3,(H,48,49)(H,50,51)/b29-18-,30-19+,39-33+,40-34+. The normalized spacial score (nSPS) is 20.4. The van der Waals surface area contributed by atoms with Crippen LogP contribution in [0.15, 0.2) is 82.0 Å². The van der Waals surface area contributed by atoms with Gasteiger partial charge in [-0.15, -0.1) is 22.7 Å². The lowest BCUT2D eigenvalue weighted by molar-refractivity contribution is -0.138. The summed E-state index contributed by atoms with van der Waals surface area (Å²) in [6, 6.07) is 15.1. The Hall–Kier alpha value is -5.18. The molecule has 0 radical (unpaired) electrons. The maximum atomic E-state index is 13.6. The number of hydrogen-bond acceptors (Lipinski definition) is 13. The third kappa shape index (κ3) is 8.80. The highest BCUT2D eigenvalue weighted by Crippen LogP contribution is 2.35. The van der Waals surface area contributed by atoms with Crippen LogP contribution in [0, 0.1) is 11.8 Å². The highest BCUT2D eigenvalue weighted by Gasteiger charge is 2.34. The first-order valence-corrected chi connectivity index (χ1v) is 23.0. The van der Waals surface area contributed by atoms with Crippen LogP contribution in [0.5, 0.6) is 0 Å². The van der Waals surface area contributed by atoms with Crippen LogP contribution in [0.1, 0.15) is 38.8 Å². The number of hydrogen-bond donors (Lipinski definition) is 2. The van der Waals surface area contributed by atoms with Crippen LogP contribution in [0.3, 0.4) is 0 Å². The summed E-state index contributed by atoms with van der Waals surface area (Å²) in [7, 11) is 0. The summed E-state index contributed by atoms with van der Waals surface area (Å²) >= 11 is 14.9. The average molecular weight is 932 g/mol. The molecule has 0 bridgehead atoms. The van der Waals surface area contributed by atoms with Gasteiger partial charge in [-0.05, 0) is 79.3 Å². The maximum absolute atomic E-state index is 13.6. The van der Waals surface area contributed by atoms with E-state index in [2.05, 4.69) is 37.0 Å². The number of aliphatic carboxylic acids is 2. The minimum Gasteiger partial charge on any atom is -0.480 e. The second-order valence-corrected chi connectivity index (χ2v) is 19.4. The fraction of sp³-hybridized carbons (Fsp3) is 0.238. The van der Waals surface area contributed by atoms with Gasteiger partial charge >= 0.3 is 11.9 Å². The third-order valence-electron chi connectivity index (χ3n) is 10.1. The van der Waals surface area contributed by atoms with E-state index < -0.39 is 36.1 Å². The van der Waals surface area contributed by atoms with Crippen LogP contribution in [0.25, 0.3) is 22.0 Å². The lowest BCUT2D eigenvalue weighted by atomic mass is 9.90.